The molecule has 1 aromatic heterocycles. The summed E-state index contributed by atoms with van der Waals surface area (Å²) in [6, 6.07) is 13.1. The molecule has 0 saturated carbocycles. The fourth-order valence-electron chi connectivity index (χ4n) is 2.13. The third-order valence-corrected chi connectivity index (χ3v) is 3.36. The lowest BCUT2D eigenvalue weighted by atomic mass is 10.2. The maximum atomic E-state index is 14.1. The third-order valence-electron chi connectivity index (χ3n) is 3.36. The van der Waals surface area contributed by atoms with E-state index < -0.39 is 11.7 Å². The smallest absolute Gasteiger partial charge is 0.248 e. The Morgan fingerprint density at radius 1 is 1.08 bits per heavy atom. The summed E-state index contributed by atoms with van der Waals surface area (Å²) in [5.74, 6) is -0.871. The fraction of sp³-hybridized carbons (Fsp3) is 0. The molecule has 3 rings (SSSR count). The summed E-state index contributed by atoms with van der Waals surface area (Å²) in [6.07, 6.45) is 5.80. The van der Waals surface area contributed by atoms with Gasteiger partial charge < -0.3 is 10.1 Å². The van der Waals surface area contributed by atoms with Crippen LogP contribution in [0.5, 0.6) is 11.5 Å². The van der Waals surface area contributed by atoms with Crippen molar-refractivity contribution in [3.8, 4) is 11.5 Å². The van der Waals surface area contributed by atoms with Gasteiger partial charge in [0.2, 0.25) is 5.91 Å². The lowest BCUT2D eigenvalue weighted by Gasteiger charge is -2.06. The highest BCUT2D eigenvalue weighted by Gasteiger charge is 2.06. The quantitative estimate of drug-likeness (QED) is 0.671. The molecule has 0 aliphatic carbocycles. The van der Waals surface area contributed by atoms with Crippen molar-refractivity contribution in [1.29, 1.82) is 0 Å². The number of ether oxygens (including phenoxy) is 1. The average molecular weight is 352 g/mol. The van der Waals surface area contributed by atoms with E-state index in [1.54, 1.807) is 24.4 Å². The maximum absolute atomic E-state index is 14.1. The maximum Gasteiger partial charge on any atom is 0.248 e. The molecule has 0 radical (unpaired) electrons. The molecule has 0 fully saturated rings. The predicted molar refractivity (Wildman–Crippen MR) is 94.8 cm³/mol. The molecule has 0 saturated heterocycles. The van der Waals surface area contributed by atoms with Crippen LogP contribution >= 0.6 is 0 Å². The highest BCUT2D eigenvalue weighted by Crippen LogP contribution is 2.24. The third kappa shape index (κ3) is 4.73. The van der Waals surface area contributed by atoms with Crippen molar-refractivity contribution in [1.82, 2.24) is 4.98 Å². The van der Waals surface area contributed by atoms with Crippen LogP contribution in [0.25, 0.3) is 6.08 Å². The van der Waals surface area contributed by atoms with Gasteiger partial charge >= 0.3 is 0 Å². The van der Waals surface area contributed by atoms with E-state index in [1.165, 1.54) is 54.7 Å². The SMILES string of the molecule is O=C(/C=C/c1ccc(Oc2cccnc2)c(F)c1)Nc1ccc(F)cc1. The van der Waals surface area contributed by atoms with Crippen molar-refractivity contribution in [2.45, 2.75) is 0 Å². The van der Waals surface area contributed by atoms with Crippen LogP contribution in [0.15, 0.2) is 73.1 Å². The summed E-state index contributed by atoms with van der Waals surface area (Å²) in [7, 11) is 0. The molecule has 0 unspecified atom stereocenters. The summed E-state index contributed by atoms with van der Waals surface area (Å²) >= 11 is 0. The van der Waals surface area contributed by atoms with Crippen molar-refractivity contribution in [3.63, 3.8) is 0 Å². The number of benzene rings is 2. The van der Waals surface area contributed by atoms with Crippen LogP contribution in [0.4, 0.5) is 14.5 Å². The molecule has 0 aliphatic heterocycles. The zero-order valence-electron chi connectivity index (χ0n) is 13.5. The molecule has 26 heavy (non-hydrogen) atoms. The van der Waals surface area contributed by atoms with Gasteiger partial charge in [0.15, 0.2) is 11.6 Å². The van der Waals surface area contributed by atoms with Gasteiger partial charge in [0, 0.05) is 18.0 Å². The Labute approximate surface area is 148 Å². The second-order valence-corrected chi connectivity index (χ2v) is 5.31. The Morgan fingerprint density at radius 3 is 2.58 bits per heavy atom. The topological polar surface area (TPSA) is 51.2 Å². The molecule has 130 valence electrons. The van der Waals surface area contributed by atoms with Crippen LogP contribution in [0.2, 0.25) is 0 Å². The molecule has 1 heterocycles. The molecule has 3 aromatic rings. The molecule has 0 aliphatic rings. The van der Waals surface area contributed by atoms with Crippen molar-refractivity contribution in [2.75, 3.05) is 5.32 Å². The van der Waals surface area contributed by atoms with E-state index in [-0.39, 0.29) is 11.6 Å². The molecule has 1 N–H and O–H groups in total. The second-order valence-electron chi connectivity index (χ2n) is 5.31. The normalized spacial score (nSPS) is 10.7. The van der Waals surface area contributed by atoms with Gasteiger partial charge in [-0.25, -0.2) is 8.78 Å². The number of nitrogens with one attached hydrogen (secondary N) is 1. The molecule has 0 bridgehead atoms. The van der Waals surface area contributed by atoms with E-state index in [9.17, 15) is 13.6 Å². The van der Waals surface area contributed by atoms with Crippen LogP contribution in [-0.2, 0) is 4.79 Å². The van der Waals surface area contributed by atoms with Crippen molar-refractivity contribution >= 4 is 17.7 Å². The molecule has 2 aromatic carbocycles. The molecule has 6 heteroatoms. The number of carbonyl (C=O) groups is 1. The summed E-state index contributed by atoms with van der Waals surface area (Å²) in [5.41, 5.74) is 0.961. The Kier molecular flexibility index (Phi) is 5.34. The van der Waals surface area contributed by atoms with Gasteiger partial charge in [-0.3, -0.25) is 9.78 Å². The van der Waals surface area contributed by atoms with Gasteiger partial charge in [-0.15, -0.1) is 0 Å². The second kappa shape index (κ2) is 8.02. The van der Waals surface area contributed by atoms with Gasteiger partial charge in [-0.2, -0.15) is 0 Å². The lowest BCUT2D eigenvalue weighted by molar-refractivity contribution is -0.111. The zero-order chi connectivity index (χ0) is 18.4. The predicted octanol–water partition coefficient (Wildman–Crippen LogP) is 4.80. The van der Waals surface area contributed by atoms with E-state index in [0.29, 0.717) is 17.0 Å². The van der Waals surface area contributed by atoms with Gasteiger partial charge in [0.1, 0.15) is 11.6 Å². The highest BCUT2D eigenvalue weighted by molar-refractivity contribution is 6.01. The first-order valence-electron chi connectivity index (χ1n) is 7.72. The first kappa shape index (κ1) is 17.3. The van der Waals surface area contributed by atoms with Crippen molar-refractivity contribution < 1.29 is 18.3 Å². The number of aromatic nitrogens is 1. The summed E-state index contributed by atoms with van der Waals surface area (Å²) in [5, 5.41) is 2.58. The first-order valence-corrected chi connectivity index (χ1v) is 7.72. The van der Waals surface area contributed by atoms with Crippen molar-refractivity contribution in [2.24, 2.45) is 0 Å². The molecule has 4 nitrogen and oxygen atoms in total. The largest absolute Gasteiger partial charge is 0.453 e. The summed E-state index contributed by atoms with van der Waals surface area (Å²) in [6.45, 7) is 0. The van der Waals surface area contributed by atoms with Crippen LogP contribution < -0.4 is 10.1 Å². The molecule has 0 spiro atoms. The van der Waals surface area contributed by atoms with E-state index >= 15 is 0 Å². The van der Waals surface area contributed by atoms with Crippen LogP contribution in [0.1, 0.15) is 5.56 Å². The number of hydrogen-bond donors (Lipinski definition) is 1. The van der Waals surface area contributed by atoms with E-state index in [0.717, 1.165) is 0 Å². The molecular weight excluding hydrogens is 338 g/mol. The number of halogens is 2. The van der Waals surface area contributed by atoms with Crippen molar-refractivity contribution in [3.05, 3.63) is 90.3 Å². The minimum absolute atomic E-state index is 0.0610. The standard InChI is InChI=1S/C20H14F2N2O2/c21-15-5-7-16(8-6-15)24-20(25)10-4-14-3-9-19(18(22)12-14)26-17-2-1-11-23-13-17/h1-13H,(H,24,25)/b10-4+. The Bertz CT molecular complexity index is 926. The van der Waals surface area contributed by atoms with Crippen LogP contribution in [0, 0.1) is 11.6 Å². The Morgan fingerprint density at radius 2 is 1.88 bits per heavy atom. The van der Waals surface area contributed by atoms with Gasteiger partial charge in [0.25, 0.3) is 0 Å². The van der Waals surface area contributed by atoms with Gasteiger partial charge in [-0.1, -0.05) is 6.07 Å². The number of anilines is 1. The van der Waals surface area contributed by atoms with E-state index in [2.05, 4.69) is 10.3 Å². The van der Waals surface area contributed by atoms with E-state index in [4.69, 9.17) is 4.74 Å². The van der Waals surface area contributed by atoms with E-state index in [1.807, 2.05) is 0 Å². The number of carbonyl (C=O) groups excluding carboxylic acids is 1. The monoisotopic (exact) mass is 352 g/mol. The number of nitrogens with zero attached hydrogens (tertiary/aromatic N) is 1. The lowest BCUT2D eigenvalue weighted by Crippen LogP contribution is -2.07. The fourth-order valence-corrected chi connectivity index (χ4v) is 2.13. The average Bonchev–Trinajstić information content (AvgIpc) is 2.65. The molecular formula is C20H14F2N2O2. The number of amides is 1. The zero-order valence-corrected chi connectivity index (χ0v) is 13.5. The number of hydrogen-bond acceptors (Lipinski definition) is 3. The minimum Gasteiger partial charge on any atom is -0.453 e. The number of pyridine rings is 1. The van der Waals surface area contributed by atoms with Crippen LogP contribution in [-0.4, -0.2) is 10.9 Å². The molecule has 1 amide bonds. The number of rotatable bonds is 5. The Hall–Kier alpha value is -3.54. The minimum atomic E-state index is -0.560. The van der Waals surface area contributed by atoms with Gasteiger partial charge in [-0.05, 0) is 60.2 Å². The Balaban J connectivity index is 1.64. The summed E-state index contributed by atoms with van der Waals surface area (Å²) < 4.78 is 32.4. The first-order chi connectivity index (χ1) is 12.6. The van der Waals surface area contributed by atoms with Gasteiger partial charge in [0.05, 0.1) is 6.20 Å². The summed E-state index contributed by atoms with van der Waals surface area (Å²) in [4.78, 5) is 15.7. The molecule has 0 atom stereocenters. The van der Waals surface area contributed by atoms with Crippen LogP contribution in [0.3, 0.4) is 0 Å². The highest BCUT2D eigenvalue weighted by atomic mass is 19.1.